The van der Waals surface area contributed by atoms with Crippen LogP contribution in [0.5, 0.6) is 0 Å². The highest BCUT2D eigenvalue weighted by Crippen LogP contribution is 2.43. The molecule has 4 aromatic rings. The highest BCUT2D eigenvalue weighted by atomic mass is 35.5. The van der Waals surface area contributed by atoms with Crippen LogP contribution in [0.2, 0.25) is 5.02 Å². The fraction of sp³-hybridized carbons (Fsp3) is 0.417. The van der Waals surface area contributed by atoms with E-state index in [1.165, 1.54) is 0 Å². The third kappa shape index (κ3) is 6.25. The van der Waals surface area contributed by atoms with Crippen LogP contribution in [0.4, 0.5) is 10.5 Å². The van der Waals surface area contributed by atoms with E-state index in [2.05, 4.69) is 46.9 Å². The van der Waals surface area contributed by atoms with Crippen molar-refractivity contribution in [3.05, 3.63) is 83.6 Å². The van der Waals surface area contributed by atoms with Crippen LogP contribution in [0, 0.1) is 0 Å². The zero-order valence-corrected chi connectivity index (χ0v) is 27.5. The molecule has 2 fully saturated rings. The first-order valence-corrected chi connectivity index (χ1v) is 16.1. The van der Waals surface area contributed by atoms with E-state index in [1.54, 1.807) is 0 Å². The molecule has 236 valence electrons. The summed E-state index contributed by atoms with van der Waals surface area (Å²) in [6.45, 7) is 12.2. The van der Waals surface area contributed by atoms with Gasteiger partial charge < -0.3 is 19.5 Å². The topological polar surface area (TPSA) is 81.8 Å². The summed E-state index contributed by atoms with van der Waals surface area (Å²) >= 11 is 6.27. The molecule has 2 aromatic carbocycles. The van der Waals surface area contributed by atoms with Crippen LogP contribution >= 0.6 is 11.6 Å². The molecule has 4 heterocycles. The first-order valence-electron chi connectivity index (χ1n) is 15.8. The number of aromatic nitrogens is 2. The molecule has 0 saturated carbocycles. The summed E-state index contributed by atoms with van der Waals surface area (Å²) in [5, 5.41) is 1.67. The number of fused-ring (bicyclic) bond motifs is 1. The van der Waals surface area contributed by atoms with E-state index in [9.17, 15) is 9.59 Å². The maximum Gasteiger partial charge on any atom is 0.411 e. The Hall–Kier alpha value is -4.04. The van der Waals surface area contributed by atoms with Crippen molar-refractivity contribution in [1.29, 1.82) is 0 Å². The first-order chi connectivity index (χ1) is 21.4. The molecular formula is C36H42ClN5O3. The van der Waals surface area contributed by atoms with Gasteiger partial charge >= 0.3 is 6.09 Å². The monoisotopic (exact) mass is 627 g/mol. The third-order valence-corrected chi connectivity index (χ3v) is 9.31. The molecule has 8 nitrogen and oxygen atoms in total. The average molecular weight is 628 g/mol. The van der Waals surface area contributed by atoms with Gasteiger partial charge in [-0.1, -0.05) is 54.1 Å². The molecule has 2 aliphatic rings. The van der Waals surface area contributed by atoms with Crippen LogP contribution in [0.3, 0.4) is 0 Å². The number of aromatic amines is 1. The summed E-state index contributed by atoms with van der Waals surface area (Å²) in [6.07, 6.45) is 4.96. The second kappa shape index (κ2) is 12.0. The SMILES string of the molecule is CC(C)(C)OC(=O)N1C([C@@H](C(=O)N2CCN(c3c(-c4ccccc4)cnc4[nH]ccc34)CC2)c2ccc(Cl)cc2)CCC1(C)C. The van der Waals surface area contributed by atoms with E-state index in [4.69, 9.17) is 16.3 Å². The van der Waals surface area contributed by atoms with Gasteiger partial charge in [0.1, 0.15) is 11.2 Å². The van der Waals surface area contributed by atoms with Gasteiger partial charge in [0.05, 0.1) is 17.6 Å². The lowest BCUT2D eigenvalue weighted by molar-refractivity contribution is -0.134. The second-order valence-corrected chi connectivity index (χ2v) is 14.2. The van der Waals surface area contributed by atoms with Gasteiger partial charge in [0, 0.05) is 60.1 Å². The highest BCUT2D eigenvalue weighted by molar-refractivity contribution is 6.30. The normalized spacial score (nSPS) is 19.2. The van der Waals surface area contributed by atoms with Crippen LogP contribution in [-0.4, -0.2) is 75.1 Å². The summed E-state index contributed by atoms with van der Waals surface area (Å²) in [5.41, 5.74) is 3.91. The molecule has 0 bridgehead atoms. The van der Waals surface area contributed by atoms with Crippen LogP contribution in [-0.2, 0) is 9.53 Å². The van der Waals surface area contributed by atoms with Crippen molar-refractivity contribution < 1.29 is 14.3 Å². The molecule has 1 N–H and O–H groups in total. The molecule has 45 heavy (non-hydrogen) atoms. The third-order valence-electron chi connectivity index (χ3n) is 9.06. The number of piperazine rings is 1. The number of ether oxygens (including phenoxy) is 1. The van der Waals surface area contributed by atoms with Gasteiger partial charge in [-0.3, -0.25) is 9.69 Å². The van der Waals surface area contributed by atoms with Crippen molar-refractivity contribution in [2.24, 2.45) is 0 Å². The molecule has 2 saturated heterocycles. The number of amides is 2. The standard InChI is InChI=1S/C36H42ClN5O3/c1-35(2,3)45-34(44)42-29(15-17-36(42,4)5)30(25-11-13-26(37)14-12-25)33(43)41-21-19-40(20-22-41)31-27-16-18-38-32(27)39-23-28(31)24-9-7-6-8-10-24/h6-14,16,18,23,29-30H,15,17,19-22H2,1-5H3,(H,38,39)/t29?,30-/m0/s1. The minimum absolute atomic E-state index is 0.0260. The molecule has 0 spiro atoms. The van der Waals surface area contributed by atoms with Crippen LogP contribution < -0.4 is 4.90 Å². The molecule has 2 aliphatic heterocycles. The Morgan fingerprint density at radius 2 is 1.69 bits per heavy atom. The predicted molar refractivity (Wildman–Crippen MR) is 180 cm³/mol. The van der Waals surface area contributed by atoms with Gasteiger partial charge in [-0.05, 0) is 76.8 Å². The summed E-state index contributed by atoms with van der Waals surface area (Å²) in [6, 6.07) is 19.5. The Balaban J connectivity index is 1.29. The number of hydrogen-bond acceptors (Lipinski definition) is 5. The van der Waals surface area contributed by atoms with Crippen LogP contribution in [0.15, 0.2) is 73.1 Å². The number of benzene rings is 2. The number of rotatable bonds is 5. The summed E-state index contributed by atoms with van der Waals surface area (Å²) in [7, 11) is 0. The van der Waals surface area contributed by atoms with E-state index >= 15 is 0 Å². The summed E-state index contributed by atoms with van der Waals surface area (Å²) in [4.78, 5) is 42.4. The van der Waals surface area contributed by atoms with Crippen molar-refractivity contribution in [3.63, 3.8) is 0 Å². The molecular weight excluding hydrogens is 586 g/mol. The van der Waals surface area contributed by atoms with E-state index < -0.39 is 17.1 Å². The van der Waals surface area contributed by atoms with Gasteiger partial charge in [-0.25, -0.2) is 9.78 Å². The molecule has 0 aliphatic carbocycles. The quantitative estimate of drug-likeness (QED) is 0.248. The van der Waals surface area contributed by atoms with Crippen molar-refractivity contribution in [2.75, 3.05) is 31.1 Å². The Bertz CT molecular complexity index is 1670. The molecule has 2 atom stereocenters. The van der Waals surface area contributed by atoms with Crippen LogP contribution in [0.1, 0.15) is 58.9 Å². The van der Waals surface area contributed by atoms with E-state index in [-0.39, 0.29) is 18.0 Å². The fourth-order valence-corrected chi connectivity index (χ4v) is 7.04. The lowest BCUT2D eigenvalue weighted by atomic mass is 9.88. The largest absolute Gasteiger partial charge is 0.444 e. The van der Waals surface area contributed by atoms with Crippen molar-refractivity contribution in [2.45, 2.75) is 70.6 Å². The number of likely N-dealkylation sites (tertiary alicyclic amines) is 1. The first kappa shape index (κ1) is 31.0. The number of nitrogens with zero attached hydrogens (tertiary/aromatic N) is 4. The lowest BCUT2D eigenvalue weighted by Gasteiger charge is -2.42. The van der Waals surface area contributed by atoms with Gasteiger partial charge in [0.15, 0.2) is 0 Å². The highest BCUT2D eigenvalue weighted by Gasteiger charge is 2.50. The fourth-order valence-electron chi connectivity index (χ4n) is 6.92. The van der Waals surface area contributed by atoms with Crippen molar-refractivity contribution >= 4 is 40.3 Å². The molecule has 0 radical (unpaired) electrons. The number of nitrogens with one attached hydrogen (secondary N) is 1. The van der Waals surface area contributed by atoms with E-state index in [0.29, 0.717) is 37.6 Å². The molecule has 9 heteroatoms. The maximum absolute atomic E-state index is 14.6. The Morgan fingerprint density at radius 1 is 1.00 bits per heavy atom. The minimum Gasteiger partial charge on any atom is -0.444 e. The Kier molecular flexibility index (Phi) is 8.29. The lowest BCUT2D eigenvalue weighted by Crippen LogP contribution is -2.55. The zero-order chi connectivity index (χ0) is 31.9. The number of anilines is 1. The number of carbonyl (C=O) groups excluding carboxylic acids is 2. The van der Waals surface area contributed by atoms with Crippen molar-refractivity contribution in [3.8, 4) is 11.1 Å². The maximum atomic E-state index is 14.6. The Labute approximate surface area is 270 Å². The zero-order valence-electron chi connectivity index (χ0n) is 26.7. The van der Waals surface area contributed by atoms with Gasteiger partial charge in [0.25, 0.3) is 0 Å². The van der Waals surface area contributed by atoms with E-state index in [0.717, 1.165) is 39.8 Å². The number of hydrogen-bond donors (Lipinski definition) is 1. The second-order valence-electron chi connectivity index (χ2n) is 13.7. The molecule has 2 amide bonds. The minimum atomic E-state index is -0.646. The van der Waals surface area contributed by atoms with Gasteiger partial charge in [-0.15, -0.1) is 0 Å². The molecule has 1 unspecified atom stereocenters. The van der Waals surface area contributed by atoms with Crippen molar-refractivity contribution in [1.82, 2.24) is 19.8 Å². The predicted octanol–water partition coefficient (Wildman–Crippen LogP) is 7.49. The smallest absolute Gasteiger partial charge is 0.411 e. The number of H-pyrrole nitrogens is 1. The molecule has 2 aromatic heterocycles. The van der Waals surface area contributed by atoms with Gasteiger partial charge in [-0.2, -0.15) is 0 Å². The summed E-state index contributed by atoms with van der Waals surface area (Å²) in [5.74, 6) is -0.515. The van der Waals surface area contributed by atoms with E-state index in [1.807, 2.05) is 85.4 Å². The average Bonchev–Trinajstić information content (AvgIpc) is 3.61. The van der Waals surface area contributed by atoms with Gasteiger partial charge in [0.2, 0.25) is 5.91 Å². The Morgan fingerprint density at radius 3 is 2.36 bits per heavy atom. The summed E-state index contributed by atoms with van der Waals surface area (Å²) < 4.78 is 5.88. The number of halogens is 1. The number of pyridine rings is 1. The molecule has 6 rings (SSSR count). The van der Waals surface area contributed by atoms with Crippen LogP contribution in [0.25, 0.3) is 22.2 Å². The number of carbonyl (C=O) groups is 2.